The molecule has 2 nitrogen and oxygen atoms in total. The topological polar surface area (TPSA) is 12.5 Å². The van der Waals surface area contributed by atoms with Crippen LogP contribution >= 0.6 is 0 Å². The predicted molar refractivity (Wildman–Crippen MR) is 73.6 cm³/mol. The molecule has 0 heterocycles. The Morgan fingerprint density at radius 2 is 2.18 bits per heavy atom. The average Bonchev–Trinajstić information content (AvgIpc) is 2.27. The summed E-state index contributed by atoms with van der Waals surface area (Å²) in [6.45, 7) is 13.9. The maximum Gasteiger partial charge on any atom is 0.119 e. The molecule has 0 saturated carbocycles. The summed E-state index contributed by atoms with van der Waals surface area (Å²) in [7, 11) is 0. The first kappa shape index (κ1) is 13.8. The van der Waals surface area contributed by atoms with E-state index >= 15 is 0 Å². The van der Waals surface area contributed by atoms with Gasteiger partial charge in [-0.05, 0) is 38.1 Å². The highest BCUT2D eigenvalue weighted by atomic mass is 16.5. The van der Waals surface area contributed by atoms with Gasteiger partial charge in [0.2, 0.25) is 0 Å². The van der Waals surface area contributed by atoms with Crippen molar-refractivity contribution in [2.75, 3.05) is 26.2 Å². The van der Waals surface area contributed by atoms with Crippen LogP contribution in [0.25, 0.3) is 0 Å². The van der Waals surface area contributed by atoms with Gasteiger partial charge in [-0.25, -0.2) is 0 Å². The molecule has 1 aromatic rings. The van der Waals surface area contributed by atoms with Crippen LogP contribution in [0.5, 0.6) is 5.75 Å². The monoisotopic (exact) mass is 233 g/mol. The molecule has 17 heavy (non-hydrogen) atoms. The van der Waals surface area contributed by atoms with Crippen molar-refractivity contribution in [3.63, 3.8) is 0 Å². The second-order valence-corrected chi connectivity index (χ2v) is 4.49. The van der Waals surface area contributed by atoms with Gasteiger partial charge in [0.1, 0.15) is 12.4 Å². The lowest BCUT2D eigenvalue weighted by Gasteiger charge is -2.20. The highest BCUT2D eigenvalue weighted by molar-refractivity contribution is 5.27. The SMILES string of the molecule is C=C(C)CN(CC)CCOc1cccc(C)c1. The molecule has 0 aliphatic rings. The number of rotatable bonds is 7. The van der Waals surface area contributed by atoms with Gasteiger partial charge in [-0.15, -0.1) is 0 Å². The molecule has 0 unspecified atom stereocenters. The summed E-state index contributed by atoms with van der Waals surface area (Å²) < 4.78 is 5.73. The number of hydrogen-bond acceptors (Lipinski definition) is 2. The first-order valence-electron chi connectivity index (χ1n) is 6.18. The van der Waals surface area contributed by atoms with Crippen LogP contribution in [0.4, 0.5) is 0 Å². The van der Waals surface area contributed by atoms with Gasteiger partial charge in [0.05, 0.1) is 0 Å². The summed E-state index contributed by atoms with van der Waals surface area (Å²) in [6, 6.07) is 8.17. The second-order valence-electron chi connectivity index (χ2n) is 4.49. The van der Waals surface area contributed by atoms with Gasteiger partial charge in [0, 0.05) is 13.1 Å². The van der Waals surface area contributed by atoms with Crippen molar-refractivity contribution in [1.29, 1.82) is 0 Å². The summed E-state index contributed by atoms with van der Waals surface area (Å²) in [6.07, 6.45) is 0. The molecule has 1 rings (SSSR count). The Morgan fingerprint density at radius 3 is 2.76 bits per heavy atom. The third-order valence-electron chi connectivity index (χ3n) is 2.61. The largest absolute Gasteiger partial charge is 0.492 e. The second kappa shape index (κ2) is 7.13. The lowest BCUT2D eigenvalue weighted by molar-refractivity contribution is 0.227. The van der Waals surface area contributed by atoms with E-state index in [1.165, 1.54) is 11.1 Å². The fraction of sp³-hybridized carbons (Fsp3) is 0.467. The van der Waals surface area contributed by atoms with Crippen LogP contribution in [0.15, 0.2) is 36.4 Å². The van der Waals surface area contributed by atoms with Crippen LogP contribution < -0.4 is 4.74 Å². The summed E-state index contributed by atoms with van der Waals surface area (Å²) in [4.78, 5) is 2.33. The van der Waals surface area contributed by atoms with E-state index in [9.17, 15) is 0 Å². The van der Waals surface area contributed by atoms with Crippen molar-refractivity contribution in [3.8, 4) is 5.75 Å². The Kier molecular flexibility index (Phi) is 5.78. The zero-order chi connectivity index (χ0) is 12.7. The van der Waals surface area contributed by atoms with Gasteiger partial charge in [0.15, 0.2) is 0 Å². The van der Waals surface area contributed by atoms with E-state index in [0.717, 1.165) is 32.0 Å². The zero-order valence-corrected chi connectivity index (χ0v) is 11.2. The fourth-order valence-electron chi connectivity index (χ4n) is 1.73. The molecule has 0 aliphatic heterocycles. The average molecular weight is 233 g/mol. The highest BCUT2D eigenvalue weighted by Crippen LogP contribution is 2.12. The Labute approximate surface area is 105 Å². The molecule has 0 spiro atoms. The van der Waals surface area contributed by atoms with Crippen LogP contribution in [0, 0.1) is 6.92 Å². The molecular weight excluding hydrogens is 210 g/mol. The number of ether oxygens (including phenoxy) is 1. The van der Waals surface area contributed by atoms with Gasteiger partial charge >= 0.3 is 0 Å². The van der Waals surface area contributed by atoms with Crippen molar-refractivity contribution < 1.29 is 4.74 Å². The molecule has 0 aromatic heterocycles. The van der Waals surface area contributed by atoms with Crippen molar-refractivity contribution >= 4 is 0 Å². The molecule has 0 radical (unpaired) electrons. The first-order chi connectivity index (χ1) is 8.11. The normalized spacial score (nSPS) is 10.6. The molecule has 0 N–H and O–H groups in total. The first-order valence-corrected chi connectivity index (χ1v) is 6.18. The summed E-state index contributed by atoms with van der Waals surface area (Å²) in [5.41, 5.74) is 2.43. The third kappa shape index (κ3) is 5.55. The quantitative estimate of drug-likeness (QED) is 0.670. The number of likely N-dealkylation sites (N-methyl/N-ethyl adjacent to an activating group) is 1. The van der Waals surface area contributed by atoms with Gasteiger partial charge in [-0.3, -0.25) is 4.90 Å². The number of nitrogens with zero attached hydrogens (tertiary/aromatic N) is 1. The van der Waals surface area contributed by atoms with Crippen molar-refractivity contribution in [1.82, 2.24) is 4.90 Å². The number of benzene rings is 1. The van der Waals surface area contributed by atoms with E-state index in [4.69, 9.17) is 4.74 Å². The van der Waals surface area contributed by atoms with E-state index in [2.05, 4.69) is 44.4 Å². The van der Waals surface area contributed by atoms with E-state index in [0.29, 0.717) is 0 Å². The maximum atomic E-state index is 5.73. The molecular formula is C15H23NO. The molecule has 0 fully saturated rings. The molecule has 0 atom stereocenters. The van der Waals surface area contributed by atoms with E-state index in [1.54, 1.807) is 0 Å². The Bertz CT molecular complexity index is 360. The zero-order valence-electron chi connectivity index (χ0n) is 11.2. The minimum atomic E-state index is 0.727. The fourth-order valence-corrected chi connectivity index (χ4v) is 1.73. The van der Waals surface area contributed by atoms with Crippen molar-refractivity contribution in [3.05, 3.63) is 42.0 Å². The molecule has 0 saturated heterocycles. The van der Waals surface area contributed by atoms with Crippen LogP contribution in [0.2, 0.25) is 0 Å². The predicted octanol–water partition coefficient (Wildman–Crippen LogP) is 3.27. The van der Waals surface area contributed by atoms with E-state index in [-0.39, 0.29) is 0 Å². The Morgan fingerprint density at radius 1 is 1.41 bits per heavy atom. The molecule has 2 heteroatoms. The van der Waals surface area contributed by atoms with Gasteiger partial charge in [-0.1, -0.05) is 31.2 Å². The lowest BCUT2D eigenvalue weighted by atomic mass is 10.2. The van der Waals surface area contributed by atoms with E-state index in [1.807, 2.05) is 12.1 Å². The summed E-state index contributed by atoms with van der Waals surface area (Å²) in [5, 5.41) is 0. The number of aryl methyl sites for hydroxylation is 1. The van der Waals surface area contributed by atoms with Crippen molar-refractivity contribution in [2.45, 2.75) is 20.8 Å². The standard InChI is InChI=1S/C15H23NO/c1-5-16(12-13(2)3)9-10-17-15-8-6-7-14(4)11-15/h6-8,11H,2,5,9-10,12H2,1,3-4H3. The molecule has 0 bridgehead atoms. The minimum Gasteiger partial charge on any atom is -0.492 e. The van der Waals surface area contributed by atoms with Crippen LogP contribution in [0.1, 0.15) is 19.4 Å². The van der Waals surface area contributed by atoms with Gasteiger partial charge in [0.25, 0.3) is 0 Å². The Balaban J connectivity index is 2.33. The molecule has 0 amide bonds. The van der Waals surface area contributed by atoms with Crippen LogP contribution in [-0.4, -0.2) is 31.1 Å². The minimum absolute atomic E-state index is 0.727. The third-order valence-corrected chi connectivity index (χ3v) is 2.61. The molecule has 0 aliphatic carbocycles. The summed E-state index contributed by atoms with van der Waals surface area (Å²) in [5.74, 6) is 0.955. The van der Waals surface area contributed by atoms with Crippen molar-refractivity contribution in [2.24, 2.45) is 0 Å². The van der Waals surface area contributed by atoms with Gasteiger partial charge in [-0.2, -0.15) is 0 Å². The Hall–Kier alpha value is -1.28. The van der Waals surface area contributed by atoms with Crippen LogP contribution in [0.3, 0.4) is 0 Å². The maximum absolute atomic E-state index is 5.73. The van der Waals surface area contributed by atoms with Gasteiger partial charge < -0.3 is 4.74 Å². The summed E-state index contributed by atoms with van der Waals surface area (Å²) >= 11 is 0. The number of hydrogen-bond donors (Lipinski definition) is 0. The van der Waals surface area contributed by atoms with Crippen LogP contribution in [-0.2, 0) is 0 Å². The van der Waals surface area contributed by atoms with E-state index < -0.39 is 0 Å². The lowest BCUT2D eigenvalue weighted by Crippen LogP contribution is -2.29. The highest BCUT2D eigenvalue weighted by Gasteiger charge is 2.02. The smallest absolute Gasteiger partial charge is 0.119 e. The molecule has 94 valence electrons. The molecule has 1 aromatic carbocycles.